The van der Waals surface area contributed by atoms with Gasteiger partial charge in [0.1, 0.15) is 12.4 Å². The van der Waals surface area contributed by atoms with Crippen molar-refractivity contribution in [2.75, 3.05) is 33.4 Å². The van der Waals surface area contributed by atoms with Gasteiger partial charge in [0, 0.05) is 30.6 Å². The standard InChI is InChI=1S/C23H27NO7S/c1-17(25)19-6-9-22(29-2)20(15-19)16-31-23(26)10-5-18-3-7-21(8-4-18)32(27,28)24-11-13-30-14-12-24/h3-4,6-9,15H,5,10-14,16H2,1-2H3. The third-order valence-electron chi connectivity index (χ3n) is 5.22. The Labute approximate surface area is 188 Å². The van der Waals surface area contributed by atoms with E-state index in [1.807, 2.05) is 0 Å². The van der Waals surface area contributed by atoms with Crippen molar-refractivity contribution in [1.29, 1.82) is 0 Å². The minimum atomic E-state index is -3.54. The number of hydrogen-bond donors (Lipinski definition) is 0. The second kappa shape index (κ2) is 10.7. The van der Waals surface area contributed by atoms with Gasteiger partial charge in [-0.3, -0.25) is 9.59 Å². The minimum absolute atomic E-state index is 0.000142. The van der Waals surface area contributed by atoms with Crippen molar-refractivity contribution in [2.24, 2.45) is 0 Å². The van der Waals surface area contributed by atoms with Crippen LogP contribution in [0.5, 0.6) is 5.75 Å². The molecule has 8 nitrogen and oxygen atoms in total. The largest absolute Gasteiger partial charge is 0.496 e. The normalized spacial score (nSPS) is 14.7. The van der Waals surface area contributed by atoms with Crippen LogP contribution in [0.25, 0.3) is 0 Å². The Morgan fingerprint density at radius 3 is 2.38 bits per heavy atom. The van der Waals surface area contributed by atoms with Crippen LogP contribution in [0, 0.1) is 0 Å². The zero-order valence-corrected chi connectivity index (χ0v) is 19.0. The van der Waals surface area contributed by atoms with Gasteiger partial charge in [-0.2, -0.15) is 4.31 Å². The average molecular weight is 462 g/mol. The first-order valence-electron chi connectivity index (χ1n) is 10.3. The van der Waals surface area contributed by atoms with Gasteiger partial charge in [0.25, 0.3) is 0 Å². The number of nitrogens with zero attached hydrogens (tertiary/aromatic N) is 1. The van der Waals surface area contributed by atoms with Crippen molar-refractivity contribution in [3.8, 4) is 5.75 Å². The van der Waals surface area contributed by atoms with Gasteiger partial charge < -0.3 is 14.2 Å². The molecule has 0 saturated carbocycles. The Morgan fingerprint density at radius 2 is 1.75 bits per heavy atom. The molecule has 0 atom stereocenters. The van der Waals surface area contributed by atoms with E-state index in [2.05, 4.69) is 0 Å². The Morgan fingerprint density at radius 1 is 1.06 bits per heavy atom. The van der Waals surface area contributed by atoms with Gasteiger partial charge in [0.15, 0.2) is 5.78 Å². The van der Waals surface area contributed by atoms with Crippen molar-refractivity contribution >= 4 is 21.8 Å². The molecule has 0 spiro atoms. The summed E-state index contributed by atoms with van der Waals surface area (Å²) < 4.78 is 42.6. The van der Waals surface area contributed by atoms with Crippen molar-refractivity contribution in [3.05, 3.63) is 59.2 Å². The van der Waals surface area contributed by atoms with Crippen LogP contribution in [0.15, 0.2) is 47.4 Å². The number of ether oxygens (including phenoxy) is 3. The van der Waals surface area contributed by atoms with Crippen molar-refractivity contribution < 1.29 is 32.2 Å². The molecule has 0 N–H and O–H groups in total. The number of methoxy groups -OCH3 is 1. The topological polar surface area (TPSA) is 99.2 Å². The SMILES string of the molecule is COc1ccc(C(C)=O)cc1COC(=O)CCc1ccc(S(=O)(=O)N2CCOCC2)cc1. The smallest absolute Gasteiger partial charge is 0.306 e. The summed E-state index contributed by atoms with van der Waals surface area (Å²) in [5.41, 5.74) is 1.97. The zero-order chi connectivity index (χ0) is 23.1. The average Bonchev–Trinajstić information content (AvgIpc) is 2.82. The molecule has 1 saturated heterocycles. The van der Waals surface area contributed by atoms with Gasteiger partial charge in [-0.1, -0.05) is 12.1 Å². The van der Waals surface area contributed by atoms with Crippen molar-refractivity contribution in [3.63, 3.8) is 0 Å². The third-order valence-corrected chi connectivity index (χ3v) is 7.14. The maximum atomic E-state index is 12.7. The first-order chi connectivity index (χ1) is 15.3. The molecule has 0 bridgehead atoms. The van der Waals surface area contributed by atoms with Crippen LogP contribution in [-0.4, -0.2) is 57.9 Å². The third kappa shape index (κ3) is 5.93. The molecule has 0 radical (unpaired) electrons. The van der Waals surface area contributed by atoms with E-state index in [0.29, 0.717) is 49.6 Å². The van der Waals surface area contributed by atoms with Crippen LogP contribution >= 0.6 is 0 Å². The summed E-state index contributed by atoms with van der Waals surface area (Å²) in [6, 6.07) is 11.5. The molecule has 1 aliphatic rings. The number of morpholine rings is 1. The molecular weight excluding hydrogens is 434 g/mol. The Bertz CT molecular complexity index is 1060. The summed E-state index contributed by atoms with van der Waals surface area (Å²) in [4.78, 5) is 24.0. The van der Waals surface area contributed by atoms with Gasteiger partial charge in [-0.25, -0.2) is 8.42 Å². The highest BCUT2D eigenvalue weighted by Crippen LogP contribution is 2.22. The fourth-order valence-corrected chi connectivity index (χ4v) is 4.76. The quantitative estimate of drug-likeness (QED) is 0.418. The van der Waals surface area contributed by atoms with Gasteiger partial charge >= 0.3 is 5.97 Å². The molecule has 32 heavy (non-hydrogen) atoms. The number of Topliss-reactive ketones (excluding diaryl/α,β-unsaturated/α-hetero) is 1. The molecular formula is C23H27NO7S. The van der Waals surface area contributed by atoms with E-state index in [0.717, 1.165) is 5.56 Å². The molecule has 0 unspecified atom stereocenters. The summed E-state index contributed by atoms with van der Waals surface area (Å²) in [5, 5.41) is 0. The fraction of sp³-hybridized carbons (Fsp3) is 0.391. The Kier molecular flexibility index (Phi) is 8.00. The number of ketones is 1. The van der Waals surface area contributed by atoms with Crippen LogP contribution in [-0.2, 0) is 37.3 Å². The van der Waals surface area contributed by atoms with Gasteiger partial charge in [0.05, 0.1) is 25.2 Å². The maximum absolute atomic E-state index is 12.7. The van der Waals surface area contributed by atoms with E-state index in [1.54, 1.807) is 42.5 Å². The van der Waals surface area contributed by atoms with E-state index in [4.69, 9.17) is 14.2 Å². The lowest BCUT2D eigenvalue weighted by molar-refractivity contribution is -0.144. The van der Waals surface area contributed by atoms with Crippen LogP contribution in [0.3, 0.4) is 0 Å². The van der Waals surface area contributed by atoms with Crippen molar-refractivity contribution in [1.82, 2.24) is 4.31 Å². The lowest BCUT2D eigenvalue weighted by atomic mass is 10.1. The van der Waals surface area contributed by atoms with Crippen LogP contribution in [0.4, 0.5) is 0 Å². The molecule has 1 aliphatic heterocycles. The van der Waals surface area contributed by atoms with E-state index in [1.165, 1.54) is 18.3 Å². The van der Waals surface area contributed by atoms with Crippen LogP contribution in [0.2, 0.25) is 0 Å². The maximum Gasteiger partial charge on any atom is 0.306 e. The van der Waals surface area contributed by atoms with Gasteiger partial charge in [-0.05, 0) is 49.2 Å². The molecule has 0 aromatic heterocycles. The molecule has 172 valence electrons. The first kappa shape index (κ1) is 23.9. The summed E-state index contributed by atoms with van der Waals surface area (Å²) in [6.45, 7) is 2.94. The minimum Gasteiger partial charge on any atom is -0.496 e. The summed E-state index contributed by atoms with van der Waals surface area (Å²) in [7, 11) is -2.03. The highest BCUT2D eigenvalue weighted by molar-refractivity contribution is 7.89. The summed E-state index contributed by atoms with van der Waals surface area (Å²) >= 11 is 0. The molecule has 9 heteroatoms. The van der Waals surface area contributed by atoms with Gasteiger partial charge in [0.2, 0.25) is 10.0 Å². The predicted octanol–water partition coefficient (Wildman–Crippen LogP) is 2.59. The monoisotopic (exact) mass is 461 g/mol. The first-order valence-corrected chi connectivity index (χ1v) is 11.8. The molecule has 2 aromatic rings. The molecule has 0 aliphatic carbocycles. The number of benzene rings is 2. The summed E-state index contributed by atoms with van der Waals surface area (Å²) in [6.07, 6.45) is 0.561. The highest BCUT2D eigenvalue weighted by atomic mass is 32.2. The number of esters is 1. The van der Waals surface area contributed by atoms with Crippen molar-refractivity contribution in [2.45, 2.75) is 31.3 Å². The van der Waals surface area contributed by atoms with E-state index in [-0.39, 0.29) is 23.7 Å². The van der Waals surface area contributed by atoms with E-state index in [9.17, 15) is 18.0 Å². The van der Waals surface area contributed by atoms with Crippen LogP contribution < -0.4 is 4.74 Å². The molecule has 1 fully saturated rings. The summed E-state index contributed by atoms with van der Waals surface area (Å²) in [5.74, 6) is 0.0597. The number of hydrogen-bond acceptors (Lipinski definition) is 7. The lowest BCUT2D eigenvalue weighted by Crippen LogP contribution is -2.40. The molecule has 1 heterocycles. The molecule has 2 aromatic carbocycles. The van der Waals surface area contributed by atoms with Gasteiger partial charge in [-0.15, -0.1) is 0 Å². The number of rotatable bonds is 9. The number of carbonyl (C=O) groups is 2. The zero-order valence-electron chi connectivity index (χ0n) is 18.2. The second-order valence-corrected chi connectivity index (χ2v) is 9.34. The lowest BCUT2D eigenvalue weighted by Gasteiger charge is -2.26. The van der Waals surface area contributed by atoms with E-state index >= 15 is 0 Å². The Balaban J connectivity index is 1.54. The fourth-order valence-electron chi connectivity index (χ4n) is 3.35. The molecule has 0 amide bonds. The number of sulfonamides is 1. The number of carbonyl (C=O) groups excluding carboxylic acids is 2. The Hall–Kier alpha value is -2.75. The predicted molar refractivity (Wildman–Crippen MR) is 117 cm³/mol. The van der Waals surface area contributed by atoms with Crippen LogP contribution in [0.1, 0.15) is 34.8 Å². The highest BCUT2D eigenvalue weighted by Gasteiger charge is 2.26. The number of aryl methyl sites for hydroxylation is 1. The van der Waals surface area contributed by atoms with E-state index < -0.39 is 16.0 Å². The molecule has 3 rings (SSSR count). The second-order valence-electron chi connectivity index (χ2n) is 7.40.